The first kappa shape index (κ1) is 22.1. The molecule has 0 aliphatic rings. The molecule has 3 amide bonds. The van der Waals surface area contributed by atoms with E-state index in [1.807, 2.05) is 6.26 Å². The van der Waals surface area contributed by atoms with Crippen LogP contribution < -0.4 is 21.7 Å². The smallest absolute Gasteiger partial charge is 0.322 e. The molecule has 0 bridgehead atoms. The van der Waals surface area contributed by atoms with Crippen molar-refractivity contribution in [1.82, 2.24) is 16.0 Å². The van der Waals surface area contributed by atoms with Crippen molar-refractivity contribution in [3.63, 3.8) is 0 Å². The van der Waals surface area contributed by atoms with Gasteiger partial charge in [-0.1, -0.05) is 0 Å². The monoisotopic (exact) mass is 364 g/mol. The number of carboxylic acid groups (broad SMARTS) is 1. The highest BCUT2D eigenvalue weighted by Crippen LogP contribution is 2.02. The first-order chi connectivity index (χ1) is 11.2. The molecule has 0 saturated carbocycles. The lowest BCUT2D eigenvalue weighted by atomic mass is 10.1. The molecule has 11 heteroatoms. The van der Waals surface area contributed by atoms with Gasteiger partial charge in [-0.15, -0.1) is 0 Å². The van der Waals surface area contributed by atoms with E-state index in [0.717, 1.165) is 0 Å². The summed E-state index contributed by atoms with van der Waals surface area (Å²) in [4.78, 5) is 46.0. The number of nitrogens with one attached hydrogen (secondary N) is 3. The molecule has 3 unspecified atom stereocenters. The van der Waals surface area contributed by atoms with E-state index in [2.05, 4.69) is 16.0 Å². The van der Waals surface area contributed by atoms with Crippen LogP contribution in [-0.2, 0) is 19.2 Å². The summed E-state index contributed by atoms with van der Waals surface area (Å²) >= 11 is 1.47. The van der Waals surface area contributed by atoms with E-state index in [4.69, 9.17) is 15.9 Å². The maximum absolute atomic E-state index is 12.2. The Kier molecular flexibility index (Phi) is 10.8. The summed E-state index contributed by atoms with van der Waals surface area (Å²) in [7, 11) is 0. The molecule has 0 fully saturated rings. The molecule has 0 rings (SSSR count). The van der Waals surface area contributed by atoms with Crippen molar-refractivity contribution < 1.29 is 29.4 Å². The van der Waals surface area contributed by atoms with Crippen molar-refractivity contribution in [1.29, 1.82) is 0 Å². The van der Waals surface area contributed by atoms with Gasteiger partial charge in [-0.25, -0.2) is 0 Å². The lowest BCUT2D eigenvalue weighted by Gasteiger charge is -2.22. The van der Waals surface area contributed by atoms with Gasteiger partial charge in [-0.05, 0) is 25.4 Å². The molecule has 10 nitrogen and oxygen atoms in total. The van der Waals surface area contributed by atoms with E-state index in [0.29, 0.717) is 12.2 Å². The fourth-order valence-electron chi connectivity index (χ4n) is 1.56. The number of carbonyl (C=O) groups is 4. The number of hydrogen-bond acceptors (Lipinski definition) is 7. The lowest BCUT2D eigenvalue weighted by molar-refractivity contribution is -0.138. The largest absolute Gasteiger partial charge is 0.480 e. The first-order valence-electron chi connectivity index (χ1n) is 7.18. The van der Waals surface area contributed by atoms with Crippen LogP contribution in [0.3, 0.4) is 0 Å². The van der Waals surface area contributed by atoms with Crippen molar-refractivity contribution in [3.05, 3.63) is 0 Å². The quantitative estimate of drug-likeness (QED) is 0.229. The summed E-state index contributed by atoms with van der Waals surface area (Å²) < 4.78 is 0. The number of nitrogens with two attached hydrogens (primary N) is 1. The Balaban J connectivity index is 4.70. The van der Waals surface area contributed by atoms with Crippen molar-refractivity contribution >= 4 is 35.5 Å². The van der Waals surface area contributed by atoms with Crippen LogP contribution in [0, 0.1) is 0 Å². The fraction of sp³-hybridized carbons (Fsp3) is 0.692. The van der Waals surface area contributed by atoms with E-state index in [1.165, 1.54) is 18.7 Å². The van der Waals surface area contributed by atoms with Gasteiger partial charge in [0.2, 0.25) is 17.7 Å². The third-order valence-corrected chi connectivity index (χ3v) is 3.59. The summed E-state index contributed by atoms with van der Waals surface area (Å²) in [6.07, 6.45) is 2.14. The molecule has 0 spiro atoms. The molecule has 0 aliphatic carbocycles. The molecule has 0 aliphatic heterocycles. The number of aliphatic hydroxyl groups excluding tert-OH is 1. The summed E-state index contributed by atoms with van der Waals surface area (Å²) in [6.45, 7) is 0.274. The number of aliphatic carboxylic acids is 1. The van der Waals surface area contributed by atoms with Gasteiger partial charge in [0.1, 0.15) is 24.7 Å². The van der Waals surface area contributed by atoms with Crippen molar-refractivity contribution in [2.45, 2.75) is 31.5 Å². The van der Waals surface area contributed by atoms with Gasteiger partial charge in [0.05, 0.1) is 6.61 Å². The van der Waals surface area contributed by atoms with Gasteiger partial charge in [-0.3, -0.25) is 19.2 Å². The summed E-state index contributed by atoms with van der Waals surface area (Å²) in [5, 5.41) is 24.3. The van der Waals surface area contributed by atoms with E-state index < -0.39 is 55.0 Å². The Morgan fingerprint density at radius 2 is 1.75 bits per heavy atom. The number of carbonyl (C=O) groups excluding carboxylic acids is 3. The molecule has 138 valence electrons. The lowest BCUT2D eigenvalue weighted by Crippen LogP contribution is -2.55. The molecular weight excluding hydrogens is 340 g/mol. The van der Waals surface area contributed by atoms with E-state index >= 15 is 0 Å². The van der Waals surface area contributed by atoms with E-state index in [-0.39, 0.29) is 0 Å². The molecule has 0 radical (unpaired) electrons. The van der Waals surface area contributed by atoms with Crippen LogP contribution in [0.2, 0.25) is 0 Å². The fourth-order valence-corrected chi connectivity index (χ4v) is 2.03. The Morgan fingerprint density at radius 3 is 2.25 bits per heavy atom. The number of amides is 3. The van der Waals surface area contributed by atoms with Gasteiger partial charge < -0.3 is 31.9 Å². The number of carboxylic acids is 1. The Hall–Kier alpha value is -1.85. The average molecular weight is 364 g/mol. The van der Waals surface area contributed by atoms with E-state index in [9.17, 15) is 19.2 Å². The second-order valence-corrected chi connectivity index (χ2v) is 5.96. The standard InChI is InChI=1S/C13H24N4O6S/c1-7(11(21)15-5-10(19)20)16-13(23)9(3-4-24-2)17-12(22)8(14)6-18/h7-9,18H,3-6,14H2,1-2H3,(H,15,21)(H,16,23)(H,17,22)(H,19,20). The number of aliphatic hydroxyl groups is 1. The molecule has 0 saturated heterocycles. The van der Waals surface area contributed by atoms with E-state index in [1.54, 1.807) is 0 Å². The zero-order valence-corrected chi connectivity index (χ0v) is 14.4. The van der Waals surface area contributed by atoms with Crippen LogP contribution in [0.15, 0.2) is 0 Å². The van der Waals surface area contributed by atoms with Crippen molar-refractivity contribution in [3.8, 4) is 0 Å². The SMILES string of the molecule is CSCCC(NC(=O)C(N)CO)C(=O)NC(C)C(=O)NCC(=O)O. The zero-order valence-electron chi connectivity index (χ0n) is 13.6. The Morgan fingerprint density at radius 1 is 1.12 bits per heavy atom. The molecule has 0 aromatic heterocycles. The maximum Gasteiger partial charge on any atom is 0.322 e. The number of hydrogen-bond donors (Lipinski definition) is 6. The van der Waals surface area contributed by atoms with Crippen LogP contribution in [0.1, 0.15) is 13.3 Å². The molecule has 0 aromatic carbocycles. The Labute approximate surface area is 143 Å². The van der Waals surface area contributed by atoms with Crippen molar-refractivity contribution in [2.24, 2.45) is 5.73 Å². The normalized spacial score (nSPS) is 14.2. The minimum atomic E-state index is -1.20. The third-order valence-electron chi connectivity index (χ3n) is 2.94. The minimum Gasteiger partial charge on any atom is -0.480 e. The molecule has 24 heavy (non-hydrogen) atoms. The maximum atomic E-state index is 12.2. The first-order valence-corrected chi connectivity index (χ1v) is 8.57. The van der Waals surface area contributed by atoms with Gasteiger partial charge in [0.15, 0.2) is 0 Å². The number of thioether (sulfide) groups is 1. The molecule has 3 atom stereocenters. The molecule has 7 N–H and O–H groups in total. The summed E-state index contributed by atoms with van der Waals surface area (Å²) in [5.74, 6) is -2.56. The van der Waals surface area contributed by atoms with Crippen molar-refractivity contribution in [2.75, 3.05) is 25.2 Å². The van der Waals surface area contributed by atoms with Crippen LogP contribution in [0.4, 0.5) is 0 Å². The topological polar surface area (TPSA) is 171 Å². The average Bonchev–Trinajstić information content (AvgIpc) is 2.54. The predicted octanol–water partition coefficient (Wildman–Crippen LogP) is -2.75. The van der Waals surface area contributed by atoms with Crippen LogP contribution in [0.5, 0.6) is 0 Å². The highest BCUT2D eigenvalue weighted by atomic mass is 32.2. The minimum absolute atomic E-state index is 0.306. The van der Waals surface area contributed by atoms with Gasteiger partial charge >= 0.3 is 5.97 Å². The third kappa shape index (κ3) is 8.70. The number of rotatable bonds is 11. The predicted molar refractivity (Wildman–Crippen MR) is 88.2 cm³/mol. The highest BCUT2D eigenvalue weighted by Gasteiger charge is 2.25. The Bertz CT molecular complexity index is 462. The van der Waals surface area contributed by atoms with Crippen LogP contribution >= 0.6 is 11.8 Å². The second kappa shape index (κ2) is 11.6. The molecule has 0 heterocycles. The van der Waals surface area contributed by atoms with Gasteiger partial charge in [0.25, 0.3) is 0 Å². The van der Waals surface area contributed by atoms with Crippen LogP contribution in [0.25, 0.3) is 0 Å². The van der Waals surface area contributed by atoms with Crippen LogP contribution in [-0.4, -0.2) is 77.2 Å². The highest BCUT2D eigenvalue weighted by molar-refractivity contribution is 7.98. The zero-order chi connectivity index (χ0) is 18.7. The summed E-state index contributed by atoms with van der Waals surface area (Å²) in [6, 6.07) is -3.04. The molecular formula is C13H24N4O6S. The molecule has 0 aromatic rings. The van der Waals surface area contributed by atoms with Gasteiger partial charge in [-0.2, -0.15) is 11.8 Å². The second-order valence-electron chi connectivity index (χ2n) is 4.97. The van der Waals surface area contributed by atoms with Gasteiger partial charge in [0, 0.05) is 0 Å². The summed E-state index contributed by atoms with van der Waals surface area (Å²) in [5.41, 5.74) is 5.39.